The molecule has 1 aromatic heterocycles. The van der Waals surface area contributed by atoms with Gasteiger partial charge in [-0.1, -0.05) is 133 Å². The second-order valence-corrected chi connectivity index (χ2v) is 16.2. The Morgan fingerprint density at radius 1 is 0.810 bits per heavy atom. The summed E-state index contributed by atoms with van der Waals surface area (Å²) in [5, 5.41) is 28.4. The Balaban J connectivity index is 1.49. The molecule has 4 aromatic rings. The molecule has 0 saturated heterocycles. The molecule has 0 saturated carbocycles. The number of rotatable bonds is 24. The predicted octanol–water partition coefficient (Wildman–Crippen LogP) is 13.8. The van der Waals surface area contributed by atoms with Crippen LogP contribution in [0.2, 0.25) is 15.1 Å². The van der Waals surface area contributed by atoms with Crippen molar-refractivity contribution in [1.29, 1.82) is 0 Å². The van der Waals surface area contributed by atoms with E-state index in [1.54, 1.807) is 37.3 Å². The number of aromatic amines is 1. The van der Waals surface area contributed by atoms with E-state index in [2.05, 4.69) is 32.9 Å². The topological polar surface area (TPSA) is 150 Å². The lowest BCUT2D eigenvalue weighted by atomic mass is 10.0. The van der Waals surface area contributed by atoms with Crippen molar-refractivity contribution in [3.05, 3.63) is 85.1 Å². The molecule has 1 amide bonds. The van der Waals surface area contributed by atoms with Crippen molar-refractivity contribution >= 4 is 75.2 Å². The van der Waals surface area contributed by atoms with Gasteiger partial charge in [-0.05, 0) is 79.8 Å². The Hall–Kier alpha value is -4.32. The van der Waals surface area contributed by atoms with Crippen LogP contribution in [0.25, 0.3) is 5.69 Å². The molecule has 0 bridgehead atoms. The van der Waals surface area contributed by atoms with E-state index in [4.69, 9.17) is 39.5 Å². The number of hydrogen-bond donors (Lipinski definition) is 4. The quantitative estimate of drug-likeness (QED) is 0.0313. The molecule has 14 heteroatoms. The van der Waals surface area contributed by atoms with E-state index in [9.17, 15) is 19.5 Å². The zero-order valence-electron chi connectivity index (χ0n) is 34.1. The van der Waals surface area contributed by atoms with Gasteiger partial charge in [-0.3, -0.25) is 14.7 Å². The molecule has 0 atom stereocenters. The van der Waals surface area contributed by atoms with Crippen molar-refractivity contribution in [2.24, 2.45) is 16.1 Å². The fourth-order valence-electron chi connectivity index (χ4n) is 6.58. The highest BCUT2D eigenvalue weighted by Gasteiger charge is 2.22. The number of amides is 1. The van der Waals surface area contributed by atoms with Crippen LogP contribution in [0.1, 0.15) is 134 Å². The van der Waals surface area contributed by atoms with Crippen LogP contribution in [-0.4, -0.2) is 33.4 Å². The van der Waals surface area contributed by atoms with Crippen LogP contribution >= 0.6 is 34.8 Å². The van der Waals surface area contributed by atoms with E-state index in [0.29, 0.717) is 40.5 Å². The number of aromatic hydroxyl groups is 1. The van der Waals surface area contributed by atoms with E-state index in [1.807, 2.05) is 13.8 Å². The molecule has 0 fully saturated rings. The molecule has 3 aromatic carbocycles. The maximum Gasteiger partial charge on any atom is 0.338 e. The van der Waals surface area contributed by atoms with Crippen LogP contribution in [0, 0.1) is 5.92 Å². The van der Waals surface area contributed by atoms with Gasteiger partial charge in [-0.25, -0.2) is 9.48 Å². The summed E-state index contributed by atoms with van der Waals surface area (Å²) in [6.07, 6.45) is 17.0. The second kappa shape index (κ2) is 23.9. The first-order valence-electron chi connectivity index (χ1n) is 20.5. The minimum absolute atomic E-state index is 0.00274. The van der Waals surface area contributed by atoms with E-state index in [-0.39, 0.29) is 57.0 Å². The highest BCUT2D eigenvalue weighted by molar-refractivity contribution is 6.38. The number of azo groups is 1. The molecule has 1 heterocycles. The minimum Gasteiger partial charge on any atom is -0.508 e. The average Bonchev–Trinajstić information content (AvgIpc) is 3.47. The Bertz CT molecular complexity index is 2040. The Morgan fingerprint density at radius 2 is 1.43 bits per heavy atom. The molecule has 11 nitrogen and oxygen atoms in total. The average molecular weight is 856 g/mol. The summed E-state index contributed by atoms with van der Waals surface area (Å²) >= 11 is 19.9. The number of carbonyl (C=O) groups excluding carboxylic acids is 2. The molecule has 0 radical (unpaired) electrons. The normalized spacial score (nSPS) is 11.4. The van der Waals surface area contributed by atoms with Gasteiger partial charge in [0.2, 0.25) is 5.91 Å². The number of carbonyl (C=O) groups is 2. The lowest BCUT2D eigenvalue weighted by Gasteiger charge is -2.12. The van der Waals surface area contributed by atoms with E-state index in [0.717, 1.165) is 23.9 Å². The zero-order valence-corrected chi connectivity index (χ0v) is 36.3. The summed E-state index contributed by atoms with van der Waals surface area (Å²) in [5.74, 6) is -0.216. The number of benzene rings is 3. The minimum atomic E-state index is -0.668. The lowest BCUT2D eigenvalue weighted by Crippen LogP contribution is -2.16. The largest absolute Gasteiger partial charge is 0.508 e. The molecule has 0 aliphatic heterocycles. The summed E-state index contributed by atoms with van der Waals surface area (Å²) in [7, 11) is 0. The van der Waals surface area contributed by atoms with Gasteiger partial charge < -0.3 is 20.5 Å². The molecule has 0 aliphatic carbocycles. The lowest BCUT2D eigenvalue weighted by molar-refractivity contribution is -0.116. The second-order valence-electron chi connectivity index (χ2n) is 15.0. The van der Waals surface area contributed by atoms with Crippen LogP contribution in [0.4, 0.5) is 28.6 Å². The first kappa shape index (κ1) is 46.4. The van der Waals surface area contributed by atoms with Crippen LogP contribution in [0.5, 0.6) is 5.75 Å². The monoisotopic (exact) mass is 854 g/mol. The number of esters is 1. The van der Waals surface area contributed by atoms with Gasteiger partial charge in [0.05, 0.1) is 38.6 Å². The molecule has 4 N–H and O–H groups in total. The van der Waals surface area contributed by atoms with Gasteiger partial charge >= 0.3 is 11.5 Å². The standard InChI is InChI=1S/C44H57Cl3N6O5/c1-5-7-8-9-10-11-12-13-14-15-16-17-18-19-39(55)48-32-20-22-34(45)37(28-32)49-42-40(51-50-33-21-23-38(54)30(25-33)24-29(3)4)43(56)53(52-42)41-35(46)26-31(27-36(41)47)44(57)58-6-2/h20-23,25-29,49,52,54H,5-19,24H2,1-4H3,(H,48,55). The van der Waals surface area contributed by atoms with E-state index >= 15 is 0 Å². The Labute approximate surface area is 356 Å². The van der Waals surface area contributed by atoms with E-state index in [1.165, 1.54) is 82.4 Å². The number of nitrogens with one attached hydrogen (secondary N) is 3. The van der Waals surface area contributed by atoms with Crippen molar-refractivity contribution in [2.75, 3.05) is 17.2 Å². The number of anilines is 3. The van der Waals surface area contributed by atoms with Crippen molar-refractivity contribution in [3.63, 3.8) is 0 Å². The zero-order chi connectivity index (χ0) is 42.0. The number of hydrogen-bond acceptors (Lipinski definition) is 8. The van der Waals surface area contributed by atoms with Gasteiger partial charge in [0.25, 0.3) is 0 Å². The van der Waals surface area contributed by atoms with Gasteiger partial charge in [-0.15, -0.1) is 5.11 Å². The van der Waals surface area contributed by atoms with Gasteiger partial charge in [-0.2, -0.15) is 5.11 Å². The number of unbranched alkanes of at least 4 members (excludes halogenated alkanes) is 12. The fraction of sp³-hybridized carbons (Fsp3) is 0.477. The van der Waals surface area contributed by atoms with Gasteiger partial charge in [0.1, 0.15) is 11.4 Å². The van der Waals surface area contributed by atoms with Crippen molar-refractivity contribution in [2.45, 2.75) is 124 Å². The molecule has 58 heavy (non-hydrogen) atoms. The van der Waals surface area contributed by atoms with Crippen LogP contribution < -0.4 is 16.2 Å². The van der Waals surface area contributed by atoms with Gasteiger partial charge in [0.15, 0.2) is 11.5 Å². The van der Waals surface area contributed by atoms with Gasteiger partial charge in [0, 0.05) is 12.1 Å². The van der Waals surface area contributed by atoms with E-state index < -0.39 is 11.5 Å². The first-order valence-corrected chi connectivity index (χ1v) is 21.7. The Morgan fingerprint density at radius 3 is 2.03 bits per heavy atom. The van der Waals surface area contributed by atoms with Crippen LogP contribution in [0.15, 0.2) is 63.6 Å². The predicted molar refractivity (Wildman–Crippen MR) is 237 cm³/mol. The smallest absolute Gasteiger partial charge is 0.338 e. The molecular weight excluding hydrogens is 799 g/mol. The number of H-pyrrole nitrogens is 1. The summed E-state index contributed by atoms with van der Waals surface area (Å²) in [6, 6.07) is 12.5. The molecule has 0 spiro atoms. The molecule has 0 unspecified atom stereocenters. The SMILES string of the molecule is CCCCCCCCCCCCCCCC(=O)Nc1ccc(Cl)c(Nc2[nH]n(-c3c(Cl)cc(C(=O)OCC)cc3Cl)c(=O)c2N=Nc2ccc(O)c(CC(C)C)c2)c1. The third kappa shape index (κ3) is 14.2. The van der Waals surface area contributed by atoms with Crippen molar-refractivity contribution < 1.29 is 19.4 Å². The highest BCUT2D eigenvalue weighted by atomic mass is 35.5. The number of halogens is 3. The highest BCUT2D eigenvalue weighted by Crippen LogP contribution is 2.35. The first-order chi connectivity index (χ1) is 27.9. The number of ether oxygens (including phenoxy) is 1. The number of phenolic OH excluding ortho intramolecular Hbond substituents is 1. The molecule has 0 aliphatic rings. The fourth-order valence-corrected chi connectivity index (χ4v) is 7.40. The molecule has 314 valence electrons. The third-order valence-electron chi connectivity index (χ3n) is 9.59. The number of aromatic nitrogens is 2. The summed E-state index contributed by atoms with van der Waals surface area (Å²) in [4.78, 5) is 39.4. The summed E-state index contributed by atoms with van der Waals surface area (Å²) in [5.41, 5.74) is 1.34. The van der Waals surface area contributed by atoms with Crippen molar-refractivity contribution in [3.8, 4) is 11.4 Å². The Kier molecular flexibility index (Phi) is 19.1. The summed E-state index contributed by atoms with van der Waals surface area (Å²) < 4.78 is 6.17. The van der Waals surface area contributed by atoms with Crippen LogP contribution in [0.3, 0.4) is 0 Å². The van der Waals surface area contributed by atoms with Crippen molar-refractivity contribution in [1.82, 2.24) is 9.78 Å². The van der Waals surface area contributed by atoms with Crippen LogP contribution in [-0.2, 0) is 16.0 Å². The molecular formula is C44H57Cl3N6O5. The number of phenols is 1. The number of nitrogens with zero attached hydrogens (tertiary/aromatic N) is 3. The third-order valence-corrected chi connectivity index (χ3v) is 10.5. The maximum absolute atomic E-state index is 14.1. The maximum atomic E-state index is 14.1. The summed E-state index contributed by atoms with van der Waals surface area (Å²) in [6.45, 7) is 8.16. The molecule has 4 rings (SSSR count).